The zero-order chi connectivity index (χ0) is 2.71. The molecule has 0 fully saturated rings. The van der Waals surface area contributed by atoms with Gasteiger partial charge >= 0.3 is 17.6 Å². The van der Waals surface area contributed by atoms with Crippen LogP contribution in [0.4, 0.5) is 0 Å². The van der Waals surface area contributed by atoms with Crippen LogP contribution in [0.3, 0.4) is 0 Å². The third-order valence-electron chi connectivity index (χ3n) is 0. The quantitative estimate of drug-likeness (QED) is 0.327. The van der Waals surface area contributed by atoms with Crippen molar-refractivity contribution < 1.29 is 0 Å². The van der Waals surface area contributed by atoms with E-state index in [1.54, 1.807) is 0 Å². The standard InChI is InChI=1S/CH5BSi.Al.GeH4.3H/c1-3-2;;;;;/h3H2,1H3;;1H4;;;. The van der Waals surface area contributed by atoms with Crippen molar-refractivity contribution in [3.8, 4) is 0 Å². The molecule has 0 aromatic heterocycles. The second kappa shape index (κ2) is 18.3. The Bertz CT molecular complexity index is 11.6. The van der Waals surface area contributed by atoms with E-state index in [9.17, 15) is 0 Å². The van der Waals surface area contributed by atoms with Crippen LogP contribution >= 0.6 is 0 Å². The first kappa shape index (κ1) is 16.2. The molecule has 0 aliphatic rings. The summed E-state index contributed by atoms with van der Waals surface area (Å²) in [5.74, 6) is 0. The van der Waals surface area contributed by atoms with Gasteiger partial charge in [-0.15, -0.1) is 0 Å². The van der Waals surface area contributed by atoms with Crippen LogP contribution in [0.25, 0.3) is 0 Å². The molecule has 0 atom stereocenters. The second-order valence-corrected chi connectivity index (χ2v) is 1.22. The van der Waals surface area contributed by atoms with Crippen LogP contribution in [0.2, 0.25) is 6.55 Å². The Morgan fingerprint density at radius 3 is 1.60 bits per heavy atom. The molecule has 0 saturated carbocycles. The van der Waals surface area contributed by atoms with Gasteiger partial charge in [0.05, 0.1) is 0 Å². The van der Waals surface area contributed by atoms with Crippen molar-refractivity contribution in [2.24, 2.45) is 0 Å². The van der Waals surface area contributed by atoms with Crippen molar-refractivity contribution in [3.63, 3.8) is 0 Å². The molecule has 0 nitrogen and oxygen atoms in total. The monoisotopic (exact) mass is 164 g/mol. The molecule has 0 aromatic rings. The van der Waals surface area contributed by atoms with Crippen LogP contribution in [0.1, 0.15) is 0 Å². The van der Waals surface area contributed by atoms with Gasteiger partial charge < -0.3 is 0 Å². The maximum atomic E-state index is 4.99. The summed E-state index contributed by atoms with van der Waals surface area (Å²) < 4.78 is 0. The molecule has 0 N–H and O–H groups in total. The molecule has 0 bridgehead atoms. The van der Waals surface area contributed by atoms with E-state index in [4.69, 9.17) is 7.44 Å². The van der Waals surface area contributed by atoms with E-state index >= 15 is 0 Å². The Kier molecular flexibility index (Phi) is 59.3. The van der Waals surface area contributed by atoms with Crippen LogP contribution in [-0.4, -0.2) is 51.8 Å². The third-order valence-corrected chi connectivity index (χ3v) is 0. The first-order valence-corrected chi connectivity index (χ1v) is 3.35. The average molecular weight is 163 g/mol. The van der Waals surface area contributed by atoms with Gasteiger partial charge in [-0.2, -0.15) is 0 Å². The van der Waals surface area contributed by atoms with Crippen molar-refractivity contribution >= 4 is 51.8 Å². The predicted molar refractivity (Wildman–Crippen MR) is 41.4 cm³/mol. The molecule has 4 heteroatoms. The maximum absolute atomic E-state index is 4.99. The van der Waals surface area contributed by atoms with E-state index in [1.807, 2.05) is 6.55 Å². The predicted octanol–water partition coefficient (Wildman–Crippen LogP) is -3.35. The molecule has 2 radical (unpaired) electrons. The molecule has 5 heavy (non-hydrogen) atoms. The third kappa shape index (κ3) is 32.8. The van der Waals surface area contributed by atoms with Gasteiger partial charge in [0, 0.05) is 7.44 Å². The van der Waals surface area contributed by atoms with Crippen LogP contribution in [-0.2, 0) is 0 Å². The molecule has 0 amide bonds. The molecule has 0 aliphatic heterocycles. The SMILES string of the molecule is [AlH3].[B][SiH2]C.[GeH4]. The summed E-state index contributed by atoms with van der Waals surface area (Å²) in [7, 11) is 4.90. The first-order chi connectivity index (χ1) is 1.41. The molecular weight excluding hydrogens is 151 g/mol. The Balaban J connectivity index is -0.0000000200. The van der Waals surface area contributed by atoms with Crippen molar-refractivity contribution in [2.75, 3.05) is 0 Å². The summed E-state index contributed by atoms with van der Waals surface area (Å²) in [6.45, 7) is 2.04. The van der Waals surface area contributed by atoms with Gasteiger partial charge in [-0.05, 0) is 9.39 Å². The van der Waals surface area contributed by atoms with Crippen LogP contribution in [0, 0.1) is 0 Å². The summed E-state index contributed by atoms with van der Waals surface area (Å²) in [5, 5.41) is 0. The fourth-order valence-corrected chi connectivity index (χ4v) is 0. The number of hydrogen-bond acceptors (Lipinski definition) is 0. The molecule has 30 valence electrons. The van der Waals surface area contributed by atoms with Gasteiger partial charge in [0.1, 0.15) is 0 Å². The zero-order valence-electron chi connectivity index (χ0n) is 2.28. The summed E-state index contributed by atoms with van der Waals surface area (Å²) in [6.07, 6.45) is 0. The second-order valence-electron chi connectivity index (χ2n) is 0.408. The van der Waals surface area contributed by atoms with Crippen LogP contribution in [0.15, 0.2) is 0 Å². The molecule has 0 rings (SSSR count). The van der Waals surface area contributed by atoms with Gasteiger partial charge in [0.15, 0.2) is 17.4 Å². The Hall–Kier alpha value is 1.36. The van der Waals surface area contributed by atoms with Crippen molar-refractivity contribution in [3.05, 3.63) is 0 Å². The van der Waals surface area contributed by atoms with E-state index in [1.165, 1.54) is 0 Å². The minimum atomic E-state index is -0.0833. The van der Waals surface area contributed by atoms with Gasteiger partial charge in [-0.3, -0.25) is 0 Å². The van der Waals surface area contributed by atoms with Gasteiger partial charge in [0.25, 0.3) is 0 Å². The van der Waals surface area contributed by atoms with Crippen LogP contribution < -0.4 is 0 Å². The Morgan fingerprint density at radius 2 is 1.60 bits per heavy atom. The summed E-state index contributed by atoms with van der Waals surface area (Å²) in [5.41, 5.74) is 0. The average Bonchev–Trinajstić information content (AvgIpc) is 0.918. The molecule has 0 unspecified atom stereocenters. The van der Waals surface area contributed by atoms with Gasteiger partial charge in [-0.25, -0.2) is 0 Å². The first-order valence-electron chi connectivity index (χ1n) is 1.12. The van der Waals surface area contributed by atoms with E-state index in [2.05, 4.69) is 0 Å². The molecular formula is CH12AlBGeSi. The van der Waals surface area contributed by atoms with Crippen molar-refractivity contribution in [1.82, 2.24) is 0 Å². The fourth-order valence-electron chi connectivity index (χ4n) is 0. The van der Waals surface area contributed by atoms with Crippen molar-refractivity contribution in [1.29, 1.82) is 0 Å². The molecule has 0 heterocycles. The number of hydrogen-bond donors (Lipinski definition) is 0. The van der Waals surface area contributed by atoms with Gasteiger partial charge in [0.2, 0.25) is 0 Å². The van der Waals surface area contributed by atoms with E-state index in [0.717, 1.165) is 0 Å². The number of rotatable bonds is 0. The Labute approximate surface area is 58.4 Å². The summed E-state index contributed by atoms with van der Waals surface area (Å²) in [6, 6.07) is 0. The summed E-state index contributed by atoms with van der Waals surface area (Å²) in [4.78, 5) is 0. The Morgan fingerprint density at radius 1 is 1.60 bits per heavy atom. The van der Waals surface area contributed by atoms with E-state index in [0.29, 0.717) is 0 Å². The van der Waals surface area contributed by atoms with Crippen molar-refractivity contribution in [2.45, 2.75) is 6.55 Å². The molecule has 0 spiro atoms. The topological polar surface area (TPSA) is 0 Å². The van der Waals surface area contributed by atoms with E-state index in [-0.39, 0.29) is 44.3 Å². The normalized spacial score (nSPS) is 5.80. The molecule has 0 aliphatic carbocycles. The molecule has 0 aromatic carbocycles. The van der Waals surface area contributed by atoms with Gasteiger partial charge in [-0.1, -0.05) is 6.55 Å². The molecule has 0 saturated heterocycles. The fraction of sp³-hybridized carbons (Fsp3) is 1.00. The van der Waals surface area contributed by atoms with Crippen LogP contribution in [0.5, 0.6) is 0 Å². The minimum absolute atomic E-state index is 0. The van der Waals surface area contributed by atoms with E-state index < -0.39 is 0 Å². The zero-order valence-corrected chi connectivity index (χ0v) is 3.70. The summed E-state index contributed by atoms with van der Waals surface area (Å²) >= 11 is 0.